The van der Waals surface area contributed by atoms with Gasteiger partial charge in [-0.25, -0.2) is 0 Å². The van der Waals surface area contributed by atoms with Gasteiger partial charge in [0, 0.05) is 19.3 Å². The average molecular weight is 261 g/mol. The number of carbonyl (C=O) groups is 1. The minimum Gasteiger partial charge on any atom is -0.341 e. The summed E-state index contributed by atoms with van der Waals surface area (Å²) >= 11 is 0. The lowest BCUT2D eigenvalue weighted by molar-refractivity contribution is 0.0753. The summed E-state index contributed by atoms with van der Waals surface area (Å²) in [5.41, 5.74) is 2.44. The molecule has 3 rings (SSSR count). The maximum absolute atomic E-state index is 12.5. The van der Waals surface area contributed by atoms with Crippen molar-refractivity contribution < 1.29 is 4.79 Å². The highest BCUT2D eigenvalue weighted by Crippen LogP contribution is 2.48. The van der Waals surface area contributed by atoms with Crippen LogP contribution in [0.3, 0.4) is 0 Å². The van der Waals surface area contributed by atoms with Crippen LogP contribution in [0.5, 0.6) is 0 Å². The number of hydrogen-bond acceptors (Lipinski definition) is 2. The second-order valence-electron chi connectivity index (χ2n) is 6.43. The SMILES string of the molecule is Cc1n[nH]c(C)c1C(=O)N(C)CC1CC2CCC1C2. The summed E-state index contributed by atoms with van der Waals surface area (Å²) in [7, 11) is 1.93. The number of fused-ring (bicyclic) bond motifs is 2. The molecule has 104 valence electrons. The summed E-state index contributed by atoms with van der Waals surface area (Å²) in [6, 6.07) is 0. The van der Waals surface area contributed by atoms with Crippen molar-refractivity contribution >= 4 is 5.91 Å². The molecule has 2 bridgehead atoms. The molecule has 0 aromatic carbocycles. The predicted octanol–water partition coefficient (Wildman–Crippen LogP) is 2.53. The number of aryl methyl sites for hydroxylation is 2. The Hall–Kier alpha value is -1.32. The summed E-state index contributed by atoms with van der Waals surface area (Å²) in [6.45, 7) is 4.71. The lowest BCUT2D eigenvalue weighted by Gasteiger charge is -2.27. The highest BCUT2D eigenvalue weighted by Gasteiger charge is 2.40. The molecule has 0 saturated heterocycles. The van der Waals surface area contributed by atoms with Crippen molar-refractivity contribution in [2.45, 2.75) is 39.5 Å². The largest absolute Gasteiger partial charge is 0.341 e. The van der Waals surface area contributed by atoms with Crippen molar-refractivity contribution in [1.29, 1.82) is 0 Å². The van der Waals surface area contributed by atoms with Crippen molar-refractivity contribution in [2.24, 2.45) is 17.8 Å². The molecule has 0 spiro atoms. The van der Waals surface area contributed by atoms with Crippen LogP contribution in [-0.2, 0) is 0 Å². The van der Waals surface area contributed by atoms with Crippen molar-refractivity contribution in [3.05, 3.63) is 17.0 Å². The molecule has 4 heteroatoms. The molecular weight excluding hydrogens is 238 g/mol. The number of hydrogen-bond donors (Lipinski definition) is 1. The van der Waals surface area contributed by atoms with E-state index in [1.165, 1.54) is 25.7 Å². The first-order chi connectivity index (χ1) is 9.06. The number of nitrogens with one attached hydrogen (secondary N) is 1. The van der Waals surface area contributed by atoms with Crippen LogP contribution in [0.4, 0.5) is 0 Å². The summed E-state index contributed by atoms with van der Waals surface area (Å²) in [4.78, 5) is 14.4. The van der Waals surface area contributed by atoms with Crippen LogP contribution in [0.15, 0.2) is 0 Å². The Labute approximate surface area is 114 Å². The van der Waals surface area contributed by atoms with Gasteiger partial charge in [-0.15, -0.1) is 0 Å². The number of rotatable bonds is 3. The first-order valence-corrected chi connectivity index (χ1v) is 7.33. The van der Waals surface area contributed by atoms with Crippen molar-refractivity contribution in [1.82, 2.24) is 15.1 Å². The van der Waals surface area contributed by atoms with E-state index in [2.05, 4.69) is 10.2 Å². The van der Waals surface area contributed by atoms with Gasteiger partial charge in [0.15, 0.2) is 0 Å². The Morgan fingerprint density at radius 3 is 2.68 bits per heavy atom. The monoisotopic (exact) mass is 261 g/mol. The molecule has 4 nitrogen and oxygen atoms in total. The quantitative estimate of drug-likeness (QED) is 0.909. The Kier molecular flexibility index (Phi) is 3.11. The topological polar surface area (TPSA) is 49.0 Å². The molecule has 19 heavy (non-hydrogen) atoms. The van der Waals surface area contributed by atoms with Gasteiger partial charge in [-0.3, -0.25) is 9.89 Å². The summed E-state index contributed by atoms with van der Waals surface area (Å²) < 4.78 is 0. The molecule has 2 fully saturated rings. The van der Waals surface area contributed by atoms with Crippen molar-refractivity contribution in [2.75, 3.05) is 13.6 Å². The molecule has 2 aliphatic carbocycles. The highest BCUT2D eigenvalue weighted by atomic mass is 16.2. The minimum atomic E-state index is 0.117. The lowest BCUT2D eigenvalue weighted by Crippen LogP contribution is -2.34. The van der Waals surface area contributed by atoms with Gasteiger partial charge in [0.2, 0.25) is 0 Å². The van der Waals surface area contributed by atoms with E-state index in [9.17, 15) is 4.79 Å². The number of H-pyrrole nitrogens is 1. The molecule has 2 saturated carbocycles. The molecule has 0 aliphatic heterocycles. The molecule has 3 unspecified atom stereocenters. The van der Waals surface area contributed by atoms with Crippen LogP contribution in [0, 0.1) is 31.6 Å². The van der Waals surface area contributed by atoms with Gasteiger partial charge >= 0.3 is 0 Å². The average Bonchev–Trinajstić information content (AvgIpc) is 3.05. The number of aromatic amines is 1. The Morgan fingerprint density at radius 1 is 1.37 bits per heavy atom. The van der Waals surface area contributed by atoms with Crippen LogP contribution in [0.2, 0.25) is 0 Å². The van der Waals surface area contributed by atoms with Crippen LogP contribution in [0.25, 0.3) is 0 Å². The molecule has 3 atom stereocenters. The molecule has 1 aromatic heterocycles. The summed E-state index contributed by atoms with van der Waals surface area (Å²) in [5.74, 6) is 2.65. The lowest BCUT2D eigenvalue weighted by atomic mass is 9.88. The van der Waals surface area contributed by atoms with E-state index < -0.39 is 0 Å². The third-order valence-corrected chi connectivity index (χ3v) is 5.08. The third kappa shape index (κ3) is 2.17. The fraction of sp³-hybridized carbons (Fsp3) is 0.733. The van der Waals surface area contributed by atoms with E-state index in [1.54, 1.807) is 0 Å². The number of aromatic nitrogens is 2. The summed E-state index contributed by atoms with van der Waals surface area (Å²) in [5, 5.41) is 7.01. The smallest absolute Gasteiger partial charge is 0.257 e. The number of nitrogens with zero attached hydrogens (tertiary/aromatic N) is 2. The van der Waals surface area contributed by atoms with Gasteiger partial charge in [0.25, 0.3) is 5.91 Å². The van der Waals surface area contributed by atoms with Crippen LogP contribution in [0.1, 0.15) is 47.4 Å². The molecular formula is C15H23N3O. The standard InChI is InChI=1S/C15H23N3O/c1-9-14(10(2)17-16-9)15(19)18(3)8-13-7-11-4-5-12(13)6-11/h11-13H,4-8H2,1-3H3,(H,16,17). The predicted molar refractivity (Wildman–Crippen MR) is 74.0 cm³/mol. The zero-order valence-electron chi connectivity index (χ0n) is 12.1. The van der Waals surface area contributed by atoms with E-state index in [1.807, 2.05) is 25.8 Å². The number of amides is 1. The van der Waals surface area contributed by atoms with Crippen LogP contribution in [-0.4, -0.2) is 34.6 Å². The van der Waals surface area contributed by atoms with E-state index in [0.29, 0.717) is 0 Å². The van der Waals surface area contributed by atoms with Crippen molar-refractivity contribution in [3.63, 3.8) is 0 Å². The fourth-order valence-corrected chi connectivity index (χ4v) is 4.09. The normalized spacial score (nSPS) is 28.9. The molecule has 1 heterocycles. The fourth-order valence-electron chi connectivity index (χ4n) is 4.09. The third-order valence-electron chi connectivity index (χ3n) is 5.08. The Morgan fingerprint density at radius 2 is 2.16 bits per heavy atom. The molecule has 1 aromatic rings. The van der Waals surface area contributed by atoms with Gasteiger partial charge in [-0.2, -0.15) is 5.10 Å². The maximum atomic E-state index is 12.5. The zero-order valence-corrected chi connectivity index (χ0v) is 12.1. The van der Waals surface area contributed by atoms with Gasteiger partial charge < -0.3 is 4.90 Å². The second kappa shape index (κ2) is 4.66. The van der Waals surface area contributed by atoms with Gasteiger partial charge in [-0.05, 0) is 50.9 Å². The Balaban J connectivity index is 1.67. The van der Waals surface area contributed by atoms with Crippen LogP contribution >= 0.6 is 0 Å². The molecule has 1 N–H and O–H groups in total. The molecule has 1 amide bonds. The first-order valence-electron chi connectivity index (χ1n) is 7.33. The Bertz CT molecular complexity index is 474. The van der Waals surface area contributed by atoms with E-state index >= 15 is 0 Å². The van der Waals surface area contributed by atoms with Crippen molar-refractivity contribution in [3.8, 4) is 0 Å². The summed E-state index contributed by atoms with van der Waals surface area (Å²) in [6.07, 6.45) is 5.52. The second-order valence-corrected chi connectivity index (χ2v) is 6.43. The molecule has 0 radical (unpaired) electrons. The van der Waals surface area contributed by atoms with Gasteiger partial charge in [-0.1, -0.05) is 6.42 Å². The number of carbonyl (C=O) groups excluding carboxylic acids is 1. The first kappa shape index (κ1) is 12.7. The van der Waals surface area contributed by atoms with Gasteiger partial charge in [0.05, 0.1) is 11.3 Å². The maximum Gasteiger partial charge on any atom is 0.257 e. The highest BCUT2D eigenvalue weighted by molar-refractivity contribution is 5.96. The van der Waals surface area contributed by atoms with Gasteiger partial charge in [0.1, 0.15) is 0 Å². The minimum absolute atomic E-state index is 0.117. The molecule has 2 aliphatic rings. The van der Waals surface area contributed by atoms with Crippen LogP contribution < -0.4 is 0 Å². The van der Waals surface area contributed by atoms with E-state index in [0.717, 1.165) is 41.2 Å². The van der Waals surface area contributed by atoms with E-state index in [4.69, 9.17) is 0 Å². The zero-order chi connectivity index (χ0) is 13.6. The van der Waals surface area contributed by atoms with E-state index in [-0.39, 0.29) is 5.91 Å².